The van der Waals surface area contributed by atoms with E-state index in [2.05, 4.69) is 216 Å². The lowest BCUT2D eigenvalue weighted by atomic mass is 9.98. The first kappa shape index (κ1) is 32.8. The number of para-hydroxylation sites is 3. The Balaban J connectivity index is 1.14. The lowest BCUT2D eigenvalue weighted by molar-refractivity contribution is 0.669. The van der Waals surface area contributed by atoms with E-state index in [0.717, 1.165) is 66.9 Å². The molecule has 11 rings (SSSR count). The molecule has 0 atom stereocenters. The topological polar surface area (TPSA) is 21.3 Å². The van der Waals surface area contributed by atoms with E-state index in [1.807, 2.05) is 12.1 Å². The highest BCUT2D eigenvalue weighted by atomic mass is 16.3. The maximum atomic E-state index is 6.27. The molecule has 0 unspecified atom stereocenters. The van der Waals surface area contributed by atoms with Crippen LogP contribution in [0.2, 0.25) is 0 Å². The number of benzene rings is 9. The standard InChI is InChI=1S/C54H36N2O/c1-4-16-37(17-5-1)43-22-10-12-26-48(43)55(41-32-30-39(31-33-41)45-25-15-29-52-54(45)47-23-11-13-28-51(47)57-52)42-34-35-46-50(36-42)56(40-20-8-3-9-21-40)49-27-14-24-44(53(46)49)38-18-6-2-7-19-38/h1-36H. The molecule has 0 aliphatic rings. The highest BCUT2D eigenvalue weighted by molar-refractivity contribution is 6.17. The Morgan fingerprint density at radius 2 is 0.912 bits per heavy atom. The van der Waals surface area contributed by atoms with Crippen LogP contribution in [0.25, 0.3) is 82.8 Å². The van der Waals surface area contributed by atoms with Gasteiger partial charge in [0.05, 0.1) is 16.7 Å². The first-order valence-electron chi connectivity index (χ1n) is 19.4. The van der Waals surface area contributed by atoms with Crippen LogP contribution in [0, 0.1) is 0 Å². The van der Waals surface area contributed by atoms with E-state index in [-0.39, 0.29) is 0 Å². The Labute approximate surface area is 330 Å². The summed E-state index contributed by atoms with van der Waals surface area (Å²) in [5.41, 5.74) is 15.5. The smallest absolute Gasteiger partial charge is 0.136 e. The Morgan fingerprint density at radius 1 is 0.351 bits per heavy atom. The molecule has 0 aliphatic heterocycles. The van der Waals surface area contributed by atoms with Crippen LogP contribution >= 0.6 is 0 Å². The second-order valence-electron chi connectivity index (χ2n) is 14.5. The lowest BCUT2D eigenvalue weighted by Crippen LogP contribution is -2.11. The molecule has 0 aliphatic carbocycles. The molecule has 0 N–H and O–H groups in total. The summed E-state index contributed by atoms with van der Waals surface area (Å²) in [4.78, 5) is 2.41. The third kappa shape index (κ3) is 5.51. The minimum absolute atomic E-state index is 0.897. The van der Waals surface area contributed by atoms with Gasteiger partial charge in [-0.05, 0) is 88.5 Å². The zero-order chi connectivity index (χ0) is 37.7. The number of aromatic nitrogens is 1. The number of rotatable bonds is 7. The largest absolute Gasteiger partial charge is 0.456 e. The van der Waals surface area contributed by atoms with Gasteiger partial charge in [0, 0.05) is 44.2 Å². The fourth-order valence-electron chi connectivity index (χ4n) is 8.67. The minimum Gasteiger partial charge on any atom is -0.456 e. The summed E-state index contributed by atoms with van der Waals surface area (Å²) in [7, 11) is 0. The van der Waals surface area contributed by atoms with E-state index in [1.165, 1.54) is 33.0 Å². The van der Waals surface area contributed by atoms with E-state index >= 15 is 0 Å². The number of hydrogen-bond acceptors (Lipinski definition) is 2. The first-order chi connectivity index (χ1) is 28.3. The van der Waals surface area contributed by atoms with Crippen molar-refractivity contribution in [2.75, 3.05) is 4.90 Å². The summed E-state index contributed by atoms with van der Waals surface area (Å²) in [6.45, 7) is 0. The van der Waals surface area contributed by atoms with Gasteiger partial charge in [-0.2, -0.15) is 0 Å². The highest BCUT2D eigenvalue weighted by Gasteiger charge is 2.22. The van der Waals surface area contributed by atoms with Crippen molar-refractivity contribution >= 4 is 60.8 Å². The van der Waals surface area contributed by atoms with E-state index in [0.29, 0.717) is 0 Å². The molecule has 2 heterocycles. The second kappa shape index (κ2) is 13.6. The fourth-order valence-corrected chi connectivity index (χ4v) is 8.67. The van der Waals surface area contributed by atoms with Crippen LogP contribution in [0.15, 0.2) is 223 Å². The maximum absolute atomic E-state index is 6.27. The third-order valence-corrected chi connectivity index (χ3v) is 11.2. The molecule has 0 amide bonds. The van der Waals surface area contributed by atoms with Crippen molar-refractivity contribution in [3.63, 3.8) is 0 Å². The lowest BCUT2D eigenvalue weighted by Gasteiger charge is -2.28. The Hall–Kier alpha value is -7.62. The Bertz CT molecular complexity index is 3220. The molecule has 0 fully saturated rings. The van der Waals surface area contributed by atoms with Gasteiger partial charge in [-0.25, -0.2) is 0 Å². The van der Waals surface area contributed by atoms with E-state index in [4.69, 9.17) is 4.42 Å². The van der Waals surface area contributed by atoms with Crippen molar-refractivity contribution in [1.29, 1.82) is 0 Å². The van der Waals surface area contributed by atoms with Crippen LogP contribution < -0.4 is 4.90 Å². The number of fused-ring (bicyclic) bond motifs is 6. The van der Waals surface area contributed by atoms with Crippen molar-refractivity contribution in [2.24, 2.45) is 0 Å². The van der Waals surface area contributed by atoms with Crippen LogP contribution in [0.1, 0.15) is 0 Å². The molecule has 9 aromatic carbocycles. The van der Waals surface area contributed by atoms with E-state index < -0.39 is 0 Å². The molecule has 0 saturated heterocycles. The number of anilines is 3. The molecule has 0 bridgehead atoms. The van der Waals surface area contributed by atoms with E-state index in [1.54, 1.807) is 0 Å². The SMILES string of the molecule is c1ccc(-c2ccccc2N(c2ccc(-c3cccc4oc5ccccc5c34)cc2)c2ccc3c4c(-c5ccccc5)cccc4n(-c4ccccc4)c3c2)cc1. The summed E-state index contributed by atoms with van der Waals surface area (Å²) >= 11 is 0. The van der Waals surface area contributed by atoms with Crippen molar-refractivity contribution in [3.05, 3.63) is 218 Å². The molecule has 268 valence electrons. The molecule has 3 heteroatoms. The fraction of sp³-hybridized carbons (Fsp3) is 0. The van der Waals surface area contributed by atoms with Crippen molar-refractivity contribution < 1.29 is 4.42 Å². The van der Waals surface area contributed by atoms with Crippen LogP contribution in [-0.4, -0.2) is 4.57 Å². The summed E-state index contributed by atoms with van der Waals surface area (Å²) in [5.74, 6) is 0. The number of furan rings is 1. The van der Waals surface area contributed by atoms with Crippen molar-refractivity contribution in [1.82, 2.24) is 4.57 Å². The number of hydrogen-bond donors (Lipinski definition) is 0. The quantitative estimate of drug-likeness (QED) is 0.163. The maximum Gasteiger partial charge on any atom is 0.136 e. The van der Waals surface area contributed by atoms with Gasteiger partial charge < -0.3 is 13.9 Å². The van der Waals surface area contributed by atoms with Gasteiger partial charge in [-0.15, -0.1) is 0 Å². The Morgan fingerprint density at radius 3 is 1.68 bits per heavy atom. The summed E-state index contributed by atoms with van der Waals surface area (Å²) in [6, 6.07) is 78.1. The molecule has 2 aromatic heterocycles. The minimum atomic E-state index is 0.897. The average molecular weight is 729 g/mol. The summed E-state index contributed by atoms with van der Waals surface area (Å²) in [5, 5.41) is 4.73. The van der Waals surface area contributed by atoms with Gasteiger partial charge in [0.2, 0.25) is 0 Å². The average Bonchev–Trinajstić information content (AvgIpc) is 3.84. The molecule has 0 radical (unpaired) electrons. The molecule has 3 nitrogen and oxygen atoms in total. The normalized spacial score (nSPS) is 11.5. The van der Waals surface area contributed by atoms with Crippen LogP contribution in [0.3, 0.4) is 0 Å². The monoisotopic (exact) mass is 728 g/mol. The van der Waals surface area contributed by atoms with Gasteiger partial charge in [-0.3, -0.25) is 0 Å². The molecular weight excluding hydrogens is 693 g/mol. The van der Waals surface area contributed by atoms with E-state index in [9.17, 15) is 0 Å². The zero-order valence-corrected chi connectivity index (χ0v) is 31.1. The summed E-state index contributed by atoms with van der Waals surface area (Å²) in [6.07, 6.45) is 0. The third-order valence-electron chi connectivity index (χ3n) is 11.2. The van der Waals surface area contributed by atoms with Gasteiger partial charge in [0.15, 0.2) is 0 Å². The number of nitrogens with zero attached hydrogens (tertiary/aromatic N) is 2. The second-order valence-corrected chi connectivity index (χ2v) is 14.5. The molecule has 57 heavy (non-hydrogen) atoms. The molecule has 0 saturated carbocycles. The van der Waals surface area contributed by atoms with Crippen LogP contribution in [-0.2, 0) is 0 Å². The molecule has 11 aromatic rings. The summed E-state index contributed by atoms with van der Waals surface area (Å²) < 4.78 is 8.69. The van der Waals surface area contributed by atoms with Crippen LogP contribution in [0.4, 0.5) is 17.1 Å². The van der Waals surface area contributed by atoms with Gasteiger partial charge in [0.1, 0.15) is 11.2 Å². The zero-order valence-electron chi connectivity index (χ0n) is 31.1. The highest BCUT2D eigenvalue weighted by Crippen LogP contribution is 2.45. The Kier molecular flexibility index (Phi) is 7.82. The predicted octanol–water partition coefficient (Wildman–Crippen LogP) is 15.2. The first-order valence-corrected chi connectivity index (χ1v) is 19.4. The van der Waals surface area contributed by atoms with Gasteiger partial charge in [-0.1, -0.05) is 158 Å². The molecular formula is C54H36N2O. The molecule has 0 spiro atoms. The van der Waals surface area contributed by atoms with Crippen LogP contribution in [0.5, 0.6) is 0 Å². The van der Waals surface area contributed by atoms with Crippen molar-refractivity contribution in [2.45, 2.75) is 0 Å². The van der Waals surface area contributed by atoms with Gasteiger partial charge >= 0.3 is 0 Å². The van der Waals surface area contributed by atoms with Gasteiger partial charge in [0.25, 0.3) is 0 Å². The predicted molar refractivity (Wildman–Crippen MR) is 239 cm³/mol. The van der Waals surface area contributed by atoms with Crippen molar-refractivity contribution in [3.8, 4) is 39.1 Å².